The highest BCUT2D eigenvalue weighted by Crippen LogP contribution is 2.10. The molecule has 1 amide bonds. The number of rotatable bonds is 8. The molecule has 0 radical (unpaired) electrons. The van der Waals surface area contributed by atoms with Crippen LogP contribution in [-0.2, 0) is 10.0 Å². The van der Waals surface area contributed by atoms with E-state index in [9.17, 15) is 13.2 Å². The Balaban J connectivity index is 2.61. The Morgan fingerprint density at radius 3 is 2.45 bits per heavy atom. The summed E-state index contributed by atoms with van der Waals surface area (Å²) in [6.07, 6.45) is 5.87. The molecule has 0 bridgehead atoms. The van der Waals surface area contributed by atoms with Gasteiger partial charge in [0.15, 0.2) is 0 Å². The summed E-state index contributed by atoms with van der Waals surface area (Å²) >= 11 is 0. The Morgan fingerprint density at radius 1 is 1.27 bits per heavy atom. The van der Waals surface area contributed by atoms with E-state index in [-0.39, 0.29) is 17.3 Å². The zero-order valence-electron chi connectivity index (χ0n) is 12.8. The van der Waals surface area contributed by atoms with Crippen molar-refractivity contribution in [3.8, 4) is 12.3 Å². The van der Waals surface area contributed by atoms with Crippen molar-refractivity contribution in [1.29, 1.82) is 0 Å². The summed E-state index contributed by atoms with van der Waals surface area (Å²) < 4.78 is 25.9. The molecule has 6 nitrogen and oxygen atoms in total. The van der Waals surface area contributed by atoms with Gasteiger partial charge in [0.05, 0.1) is 11.4 Å². The van der Waals surface area contributed by atoms with Crippen LogP contribution in [0.2, 0.25) is 0 Å². The first-order chi connectivity index (χ1) is 10.4. The monoisotopic (exact) mass is 323 g/mol. The molecule has 0 aliphatic heterocycles. The Kier molecular flexibility index (Phi) is 7.05. The van der Waals surface area contributed by atoms with Gasteiger partial charge in [-0.15, -0.1) is 6.42 Å². The maximum atomic E-state index is 11.9. The number of nitrogens with one attached hydrogen (secondary N) is 2. The van der Waals surface area contributed by atoms with Crippen LogP contribution in [0.1, 0.15) is 16.8 Å². The van der Waals surface area contributed by atoms with Gasteiger partial charge >= 0.3 is 0 Å². The van der Waals surface area contributed by atoms with Gasteiger partial charge in [-0.1, -0.05) is 5.92 Å². The van der Waals surface area contributed by atoms with E-state index < -0.39 is 10.0 Å². The highest BCUT2D eigenvalue weighted by Gasteiger charge is 2.13. The molecule has 1 rings (SSSR count). The molecule has 0 spiro atoms. The SMILES string of the molecule is C#CCNS(=O)(=O)c1ccc(C(=O)NCCCN(C)C)cc1. The molecular weight excluding hydrogens is 302 g/mol. The van der Waals surface area contributed by atoms with E-state index in [0.717, 1.165) is 13.0 Å². The summed E-state index contributed by atoms with van der Waals surface area (Å²) in [5.74, 6) is 1.98. The van der Waals surface area contributed by atoms with Gasteiger partial charge in [0.2, 0.25) is 10.0 Å². The zero-order valence-corrected chi connectivity index (χ0v) is 13.6. The van der Waals surface area contributed by atoms with Gasteiger partial charge in [0.1, 0.15) is 0 Å². The Labute approximate surface area is 131 Å². The van der Waals surface area contributed by atoms with Gasteiger partial charge in [0.25, 0.3) is 5.91 Å². The van der Waals surface area contributed by atoms with Crippen molar-refractivity contribution in [3.05, 3.63) is 29.8 Å². The van der Waals surface area contributed by atoms with Crippen molar-refractivity contribution >= 4 is 15.9 Å². The number of sulfonamides is 1. The summed E-state index contributed by atoms with van der Waals surface area (Å²) in [6.45, 7) is 1.38. The van der Waals surface area contributed by atoms with Crippen LogP contribution in [0, 0.1) is 12.3 Å². The third-order valence-electron chi connectivity index (χ3n) is 2.86. The number of hydrogen-bond donors (Lipinski definition) is 2. The molecule has 0 aliphatic carbocycles. The van der Waals surface area contributed by atoms with E-state index in [1.165, 1.54) is 24.3 Å². The molecule has 1 aromatic rings. The molecule has 22 heavy (non-hydrogen) atoms. The number of hydrogen-bond acceptors (Lipinski definition) is 4. The van der Waals surface area contributed by atoms with Crippen LogP contribution >= 0.6 is 0 Å². The number of carbonyl (C=O) groups is 1. The van der Waals surface area contributed by atoms with Crippen molar-refractivity contribution < 1.29 is 13.2 Å². The molecule has 0 aliphatic rings. The summed E-state index contributed by atoms with van der Waals surface area (Å²) in [6, 6.07) is 5.72. The van der Waals surface area contributed by atoms with E-state index in [1.54, 1.807) is 0 Å². The second-order valence-corrected chi connectivity index (χ2v) is 6.73. The topological polar surface area (TPSA) is 78.5 Å². The average Bonchev–Trinajstić information content (AvgIpc) is 2.49. The Hall–Kier alpha value is -1.88. The molecule has 120 valence electrons. The summed E-state index contributed by atoms with van der Waals surface area (Å²) in [5, 5.41) is 2.79. The second kappa shape index (κ2) is 8.54. The first kappa shape index (κ1) is 18.2. The summed E-state index contributed by atoms with van der Waals surface area (Å²) in [5.41, 5.74) is 0.417. The number of amides is 1. The van der Waals surface area contributed by atoms with E-state index in [2.05, 4.69) is 16.0 Å². The van der Waals surface area contributed by atoms with Crippen molar-refractivity contribution in [1.82, 2.24) is 14.9 Å². The maximum absolute atomic E-state index is 11.9. The predicted molar refractivity (Wildman–Crippen MR) is 86.0 cm³/mol. The van der Waals surface area contributed by atoms with E-state index in [0.29, 0.717) is 12.1 Å². The molecule has 0 unspecified atom stereocenters. The van der Waals surface area contributed by atoms with E-state index in [4.69, 9.17) is 6.42 Å². The molecule has 0 saturated heterocycles. The minimum atomic E-state index is -3.63. The lowest BCUT2D eigenvalue weighted by molar-refractivity contribution is 0.0952. The van der Waals surface area contributed by atoms with E-state index in [1.807, 2.05) is 19.0 Å². The highest BCUT2D eigenvalue weighted by atomic mass is 32.2. The number of carbonyl (C=O) groups excluding carboxylic acids is 1. The van der Waals surface area contributed by atoms with Crippen LogP contribution in [0.15, 0.2) is 29.2 Å². The lowest BCUT2D eigenvalue weighted by atomic mass is 10.2. The smallest absolute Gasteiger partial charge is 0.251 e. The molecule has 0 fully saturated rings. The molecule has 2 N–H and O–H groups in total. The molecule has 0 saturated carbocycles. The van der Waals surface area contributed by atoms with Crippen LogP contribution in [0.4, 0.5) is 0 Å². The number of terminal acetylenes is 1. The first-order valence-electron chi connectivity index (χ1n) is 6.83. The number of benzene rings is 1. The fraction of sp³-hybridized carbons (Fsp3) is 0.400. The van der Waals surface area contributed by atoms with Gasteiger partial charge in [0, 0.05) is 12.1 Å². The lowest BCUT2D eigenvalue weighted by Gasteiger charge is -2.10. The lowest BCUT2D eigenvalue weighted by Crippen LogP contribution is -2.27. The standard InChI is InChI=1S/C15H21N3O3S/c1-4-10-17-22(20,21)14-8-6-13(7-9-14)15(19)16-11-5-12-18(2)3/h1,6-9,17H,5,10-12H2,2-3H3,(H,16,19). The molecule has 0 aromatic heterocycles. The van der Waals surface area contributed by atoms with Crippen molar-refractivity contribution in [2.24, 2.45) is 0 Å². The Morgan fingerprint density at radius 2 is 1.91 bits per heavy atom. The second-order valence-electron chi connectivity index (χ2n) is 4.97. The normalized spacial score (nSPS) is 11.2. The molecule has 0 heterocycles. The van der Waals surface area contributed by atoms with Crippen LogP contribution in [0.25, 0.3) is 0 Å². The van der Waals surface area contributed by atoms with Crippen LogP contribution < -0.4 is 10.0 Å². The van der Waals surface area contributed by atoms with Crippen molar-refractivity contribution in [3.63, 3.8) is 0 Å². The van der Waals surface area contributed by atoms with Crippen molar-refractivity contribution in [2.75, 3.05) is 33.7 Å². The molecule has 7 heteroatoms. The van der Waals surface area contributed by atoms with Gasteiger partial charge in [-0.3, -0.25) is 4.79 Å². The maximum Gasteiger partial charge on any atom is 0.251 e. The highest BCUT2D eigenvalue weighted by molar-refractivity contribution is 7.89. The fourth-order valence-electron chi connectivity index (χ4n) is 1.70. The third-order valence-corrected chi connectivity index (χ3v) is 4.28. The van der Waals surface area contributed by atoms with Gasteiger partial charge in [-0.2, -0.15) is 4.72 Å². The third kappa shape index (κ3) is 5.85. The first-order valence-corrected chi connectivity index (χ1v) is 8.31. The minimum absolute atomic E-state index is 0.0730. The fourth-order valence-corrected chi connectivity index (χ4v) is 2.64. The summed E-state index contributed by atoms with van der Waals surface area (Å²) in [7, 11) is 0.310. The van der Waals surface area contributed by atoms with Crippen molar-refractivity contribution in [2.45, 2.75) is 11.3 Å². The van der Waals surface area contributed by atoms with E-state index >= 15 is 0 Å². The quantitative estimate of drug-likeness (QED) is 0.532. The van der Waals surface area contributed by atoms with Crippen LogP contribution in [0.3, 0.4) is 0 Å². The predicted octanol–water partition coefficient (Wildman–Crippen LogP) is 0.280. The summed E-state index contributed by atoms with van der Waals surface area (Å²) in [4.78, 5) is 14.0. The van der Waals surface area contributed by atoms with Crippen LogP contribution in [-0.4, -0.2) is 53.0 Å². The minimum Gasteiger partial charge on any atom is -0.352 e. The average molecular weight is 323 g/mol. The largest absolute Gasteiger partial charge is 0.352 e. The number of nitrogens with zero attached hydrogens (tertiary/aromatic N) is 1. The van der Waals surface area contributed by atoms with Crippen LogP contribution in [0.5, 0.6) is 0 Å². The molecular formula is C15H21N3O3S. The van der Waals surface area contributed by atoms with Gasteiger partial charge < -0.3 is 10.2 Å². The van der Waals surface area contributed by atoms with Gasteiger partial charge in [-0.25, -0.2) is 8.42 Å². The van der Waals surface area contributed by atoms with Gasteiger partial charge in [-0.05, 0) is 51.3 Å². The zero-order chi connectivity index (χ0) is 16.6. The Bertz CT molecular complexity index is 631. The molecule has 1 aromatic carbocycles. The molecule has 0 atom stereocenters.